The highest BCUT2D eigenvalue weighted by atomic mass is 35.5. The zero-order valence-corrected chi connectivity index (χ0v) is 9.35. The Labute approximate surface area is 95.8 Å². The second-order valence-electron chi connectivity index (χ2n) is 3.31. The molecule has 15 heavy (non-hydrogen) atoms. The first-order chi connectivity index (χ1) is 7.16. The summed E-state index contributed by atoms with van der Waals surface area (Å²) in [5.74, 6) is -0.878. The van der Waals surface area contributed by atoms with Gasteiger partial charge in [-0.1, -0.05) is 11.6 Å². The number of hydrogen-bond donors (Lipinski definition) is 2. The van der Waals surface area contributed by atoms with Gasteiger partial charge in [0.25, 0.3) is 0 Å². The normalized spacial score (nSPS) is 26.5. The smallest absolute Gasteiger partial charge is 0.323 e. The average molecular weight is 248 g/mol. The molecule has 0 aromatic carbocycles. The minimum absolute atomic E-state index is 0.0932. The van der Waals surface area contributed by atoms with E-state index in [1.807, 2.05) is 11.4 Å². The van der Waals surface area contributed by atoms with Gasteiger partial charge >= 0.3 is 5.97 Å². The van der Waals surface area contributed by atoms with Gasteiger partial charge in [-0.25, -0.2) is 0 Å². The van der Waals surface area contributed by atoms with Crippen LogP contribution in [0.3, 0.4) is 0 Å². The molecule has 1 aliphatic heterocycles. The number of carboxylic acids is 1. The summed E-state index contributed by atoms with van der Waals surface area (Å²) in [6, 6.07) is 1.25. The molecule has 0 amide bonds. The maximum Gasteiger partial charge on any atom is 0.323 e. The van der Waals surface area contributed by atoms with Crippen LogP contribution >= 0.6 is 22.9 Å². The van der Waals surface area contributed by atoms with E-state index in [0.717, 1.165) is 5.56 Å². The van der Waals surface area contributed by atoms with E-state index in [0.29, 0.717) is 10.9 Å². The lowest BCUT2D eigenvalue weighted by molar-refractivity contribution is -0.144. The predicted molar refractivity (Wildman–Crippen MR) is 57.4 cm³/mol. The Balaban J connectivity index is 1.96. The summed E-state index contributed by atoms with van der Waals surface area (Å²) in [4.78, 5) is 10.6. The lowest BCUT2D eigenvalue weighted by atomic mass is 10.1. The van der Waals surface area contributed by atoms with Crippen LogP contribution in [0.15, 0.2) is 11.4 Å². The molecule has 0 aliphatic carbocycles. The van der Waals surface area contributed by atoms with Crippen LogP contribution < -0.4 is 5.32 Å². The Kier molecular flexibility index (Phi) is 3.25. The molecule has 4 nitrogen and oxygen atoms in total. The third-order valence-electron chi connectivity index (χ3n) is 2.27. The van der Waals surface area contributed by atoms with E-state index in [9.17, 15) is 4.79 Å². The van der Waals surface area contributed by atoms with Gasteiger partial charge in [0.05, 0.1) is 17.0 Å². The average Bonchev–Trinajstić information content (AvgIpc) is 2.65. The molecule has 2 heterocycles. The van der Waals surface area contributed by atoms with Crippen molar-refractivity contribution in [3.05, 3.63) is 21.3 Å². The van der Waals surface area contributed by atoms with Gasteiger partial charge in [-0.3, -0.25) is 10.1 Å². The Morgan fingerprint density at radius 1 is 1.73 bits per heavy atom. The van der Waals surface area contributed by atoms with Crippen molar-refractivity contribution in [1.82, 2.24) is 5.32 Å². The van der Waals surface area contributed by atoms with Crippen molar-refractivity contribution in [2.45, 2.75) is 12.1 Å². The molecule has 0 bridgehead atoms. The molecule has 6 heteroatoms. The molecule has 1 saturated heterocycles. The molecule has 1 aromatic rings. The predicted octanol–water partition coefficient (Wildman–Crippen LogP) is 1.52. The van der Waals surface area contributed by atoms with Gasteiger partial charge in [0.2, 0.25) is 0 Å². The molecule has 2 rings (SSSR count). The van der Waals surface area contributed by atoms with Crippen molar-refractivity contribution in [3.63, 3.8) is 0 Å². The molecular weight excluding hydrogens is 238 g/mol. The standard InChI is InChI=1S/C9H10ClNO3S/c10-8-1-5(4-15-8)7-2-11-6(3-14-7)9(12)13/h1,4,6-7,11H,2-3H2,(H,12,13). The maximum absolute atomic E-state index is 10.6. The number of aliphatic carboxylic acids is 1. The summed E-state index contributed by atoms with van der Waals surface area (Å²) in [5, 5.41) is 13.6. The third-order valence-corrected chi connectivity index (χ3v) is 3.38. The van der Waals surface area contributed by atoms with Crippen molar-refractivity contribution in [2.24, 2.45) is 0 Å². The summed E-state index contributed by atoms with van der Waals surface area (Å²) in [5.41, 5.74) is 1.00. The number of thiophene rings is 1. The second kappa shape index (κ2) is 4.49. The minimum atomic E-state index is -0.878. The van der Waals surface area contributed by atoms with E-state index in [1.165, 1.54) is 11.3 Å². The number of nitrogens with one attached hydrogen (secondary N) is 1. The minimum Gasteiger partial charge on any atom is -0.480 e. The zero-order valence-electron chi connectivity index (χ0n) is 7.77. The molecule has 1 aliphatic rings. The number of ether oxygens (including phenoxy) is 1. The van der Waals surface area contributed by atoms with Crippen LogP contribution in [-0.4, -0.2) is 30.3 Å². The number of rotatable bonds is 2. The van der Waals surface area contributed by atoms with Crippen molar-refractivity contribution in [3.8, 4) is 0 Å². The van der Waals surface area contributed by atoms with E-state index in [-0.39, 0.29) is 12.7 Å². The topological polar surface area (TPSA) is 58.6 Å². The summed E-state index contributed by atoms with van der Waals surface area (Å²) in [6.07, 6.45) is -0.0932. The monoisotopic (exact) mass is 247 g/mol. The summed E-state index contributed by atoms with van der Waals surface area (Å²) < 4.78 is 6.17. The summed E-state index contributed by atoms with van der Waals surface area (Å²) >= 11 is 7.25. The number of morpholine rings is 1. The van der Waals surface area contributed by atoms with Crippen molar-refractivity contribution in [2.75, 3.05) is 13.2 Å². The van der Waals surface area contributed by atoms with Gasteiger partial charge in [0.1, 0.15) is 6.04 Å². The van der Waals surface area contributed by atoms with Gasteiger partial charge in [0, 0.05) is 6.54 Å². The van der Waals surface area contributed by atoms with E-state index in [1.54, 1.807) is 0 Å². The van der Waals surface area contributed by atoms with Gasteiger partial charge in [-0.15, -0.1) is 11.3 Å². The fraction of sp³-hybridized carbons (Fsp3) is 0.444. The van der Waals surface area contributed by atoms with Crippen molar-refractivity contribution >= 4 is 28.9 Å². The Hall–Kier alpha value is -0.620. The van der Waals surface area contributed by atoms with E-state index >= 15 is 0 Å². The van der Waals surface area contributed by atoms with Crippen LogP contribution in [0, 0.1) is 0 Å². The lowest BCUT2D eigenvalue weighted by Crippen LogP contribution is -2.47. The maximum atomic E-state index is 10.6. The molecule has 0 spiro atoms. The van der Waals surface area contributed by atoms with Crippen LogP contribution in [0.4, 0.5) is 0 Å². The molecule has 2 unspecified atom stereocenters. The highest BCUT2D eigenvalue weighted by Gasteiger charge is 2.27. The molecule has 2 atom stereocenters. The number of carboxylic acid groups (broad SMARTS) is 1. The summed E-state index contributed by atoms with van der Waals surface area (Å²) in [6.45, 7) is 0.692. The fourth-order valence-electron chi connectivity index (χ4n) is 1.44. The number of hydrogen-bond acceptors (Lipinski definition) is 4. The van der Waals surface area contributed by atoms with Gasteiger partial charge in [-0.2, -0.15) is 0 Å². The SMILES string of the molecule is O=C(O)C1COC(c2csc(Cl)c2)CN1. The van der Waals surface area contributed by atoms with Crippen LogP contribution in [0.25, 0.3) is 0 Å². The first-order valence-corrected chi connectivity index (χ1v) is 5.74. The van der Waals surface area contributed by atoms with Crippen LogP contribution in [-0.2, 0) is 9.53 Å². The Bertz CT molecular complexity index is 360. The lowest BCUT2D eigenvalue weighted by Gasteiger charge is -2.27. The number of halogens is 1. The molecule has 0 saturated carbocycles. The molecule has 0 radical (unpaired) electrons. The molecular formula is C9H10ClNO3S. The van der Waals surface area contributed by atoms with Crippen molar-refractivity contribution in [1.29, 1.82) is 0 Å². The first-order valence-electron chi connectivity index (χ1n) is 4.48. The van der Waals surface area contributed by atoms with Gasteiger partial charge in [-0.05, 0) is 17.0 Å². The molecule has 1 fully saturated rings. The quantitative estimate of drug-likeness (QED) is 0.832. The van der Waals surface area contributed by atoms with Gasteiger partial charge < -0.3 is 9.84 Å². The van der Waals surface area contributed by atoms with Crippen LogP contribution in [0.2, 0.25) is 4.34 Å². The highest BCUT2D eigenvalue weighted by Crippen LogP contribution is 2.27. The molecule has 2 N–H and O–H groups in total. The fourth-order valence-corrected chi connectivity index (χ4v) is 2.38. The van der Waals surface area contributed by atoms with Gasteiger partial charge in [0.15, 0.2) is 0 Å². The zero-order chi connectivity index (χ0) is 10.8. The summed E-state index contributed by atoms with van der Waals surface area (Å²) in [7, 11) is 0. The van der Waals surface area contributed by atoms with Crippen LogP contribution in [0.5, 0.6) is 0 Å². The van der Waals surface area contributed by atoms with Crippen molar-refractivity contribution < 1.29 is 14.6 Å². The van der Waals surface area contributed by atoms with E-state index < -0.39 is 12.0 Å². The van der Waals surface area contributed by atoms with Crippen LogP contribution in [0.1, 0.15) is 11.7 Å². The third kappa shape index (κ3) is 2.49. The molecule has 82 valence electrons. The highest BCUT2D eigenvalue weighted by molar-refractivity contribution is 7.14. The Morgan fingerprint density at radius 3 is 3.00 bits per heavy atom. The molecule has 1 aromatic heterocycles. The second-order valence-corrected chi connectivity index (χ2v) is 4.85. The number of carbonyl (C=O) groups is 1. The van der Waals surface area contributed by atoms with E-state index in [4.69, 9.17) is 21.4 Å². The Morgan fingerprint density at radius 2 is 2.53 bits per heavy atom. The largest absolute Gasteiger partial charge is 0.480 e. The van der Waals surface area contributed by atoms with E-state index in [2.05, 4.69) is 5.32 Å². The first kappa shape index (κ1) is 10.9.